The lowest BCUT2D eigenvalue weighted by Gasteiger charge is -2.34. The van der Waals surface area contributed by atoms with Crippen molar-refractivity contribution in [2.45, 2.75) is 4.90 Å². The van der Waals surface area contributed by atoms with Gasteiger partial charge in [0.2, 0.25) is 10.0 Å². The SMILES string of the molecule is O=C(c1ccccc1Br)N1CCN(S(=O)(=O)c2cccc(Cl)c2Cl)CC1. The Morgan fingerprint density at radius 3 is 2.27 bits per heavy atom. The Morgan fingerprint density at radius 1 is 0.962 bits per heavy atom. The van der Waals surface area contributed by atoms with Crippen LogP contribution in [0.25, 0.3) is 0 Å². The van der Waals surface area contributed by atoms with Gasteiger partial charge in [-0.25, -0.2) is 8.42 Å². The molecule has 0 atom stereocenters. The largest absolute Gasteiger partial charge is 0.336 e. The summed E-state index contributed by atoms with van der Waals surface area (Å²) in [6.07, 6.45) is 0. The Balaban J connectivity index is 1.75. The number of piperazine rings is 1. The van der Waals surface area contributed by atoms with E-state index in [1.54, 1.807) is 29.2 Å². The second kappa shape index (κ2) is 7.86. The Kier molecular flexibility index (Phi) is 5.94. The van der Waals surface area contributed by atoms with E-state index >= 15 is 0 Å². The zero-order valence-corrected chi connectivity index (χ0v) is 17.4. The molecule has 1 aliphatic heterocycles. The van der Waals surface area contributed by atoms with Gasteiger partial charge in [-0.2, -0.15) is 4.31 Å². The molecule has 26 heavy (non-hydrogen) atoms. The van der Waals surface area contributed by atoms with Crippen LogP contribution in [0.2, 0.25) is 10.0 Å². The van der Waals surface area contributed by atoms with Crippen LogP contribution in [0.1, 0.15) is 10.4 Å². The van der Waals surface area contributed by atoms with Crippen LogP contribution in [-0.4, -0.2) is 49.7 Å². The van der Waals surface area contributed by atoms with Gasteiger partial charge in [-0.3, -0.25) is 4.79 Å². The third kappa shape index (κ3) is 3.77. The summed E-state index contributed by atoms with van der Waals surface area (Å²) in [5.74, 6) is -0.129. The molecule has 1 amide bonds. The minimum Gasteiger partial charge on any atom is -0.336 e. The monoisotopic (exact) mass is 476 g/mol. The second-order valence-electron chi connectivity index (χ2n) is 5.73. The van der Waals surface area contributed by atoms with E-state index in [2.05, 4.69) is 15.9 Å². The first kappa shape index (κ1) is 19.6. The highest BCUT2D eigenvalue weighted by Gasteiger charge is 2.32. The standard InChI is InChI=1S/C17H15BrCl2N2O3S/c18-13-5-2-1-4-12(13)17(23)21-8-10-22(11-9-21)26(24,25)15-7-3-6-14(19)16(15)20/h1-7H,8-11H2. The average molecular weight is 478 g/mol. The van der Waals surface area contributed by atoms with Gasteiger partial charge in [0, 0.05) is 30.7 Å². The molecular formula is C17H15BrCl2N2O3S. The highest BCUT2D eigenvalue weighted by molar-refractivity contribution is 9.10. The number of carbonyl (C=O) groups excluding carboxylic acids is 1. The van der Waals surface area contributed by atoms with Crippen LogP contribution in [0.5, 0.6) is 0 Å². The molecule has 0 N–H and O–H groups in total. The lowest BCUT2D eigenvalue weighted by atomic mass is 10.2. The van der Waals surface area contributed by atoms with Gasteiger partial charge < -0.3 is 4.90 Å². The molecule has 1 aliphatic rings. The lowest BCUT2D eigenvalue weighted by Crippen LogP contribution is -2.50. The highest BCUT2D eigenvalue weighted by atomic mass is 79.9. The smallest absolute Gasteiger partial charge is 0.255 e. The molecule has 3 rings (SSSR count). The molecule has 0 saturated carbocycles. The summed E-state index contributed by atoms with van der Waals surface area (Å²) in [5, 5.41) is 0.205. The van der Waals surface area contributed by atoms with Crippen molar-refractivity contribution >= 4 is 55.1 Å². The van der Waals surface area contributed by atoms with E-state index in [4.69, 9.17) is 23.2 Å². The summed E-state index contributed by atoms with van der Waals surface area (Å²) in [7, 11) is -3.77. The van der Waals surface area contributed by atoms with Gasteiger partial charge in [-0.15, -0.1) is 0 Å². The normalized spacial score (nSPS) is 15.9. The summed E-state index contributed by atoms with van der Waals surface area (Å²) < 4.78 is 27.7. The van der Waals surface area contributed by atoms with Crippen LogP contribution in [0, 0.1) is 0 Å². The number of hydrogen-bond acceptors (Lipinski definition) is 3. The number of rotatable bonds is 3. The molecule has 0 aromatic heterocycles. The maximum Gasteiger partial charge on any atom is 0.255 e. The third-order valence-corrected chi connectivity index (χ3v) is 7.73. The Morgan fingerprint density at radius 2 is 1.62 bits per heavy atom. The molecule has 1 heterocycles. The van der Waals surface area contributed by atoms with Crippen molar-refractivity contribution in [2.24, 2.45) is 0 Å². The molecule has 0 spiro atoms. The van der Waals surface area contributed by atoms with Crippen molar-refractivity contribution in [3.05, 3.63) is 62.5 Å². The summed E-state index contributed by atoms with van der Waals surface area (Å²) in [6, 6.07) is 11.7. The molecule has 0 aliphatic carbocycles. The van der Waals surface area contributed by atoms with Gasteiger partial charge in [-0.05, 0) is 40.2 Å². The van der Waals surface area contributed by atoms with Gasteiger partial charge in [-0.1, -0.05) is 41.4 Å². The maximum absolute atomic E-state index is 12.8. The zero-order chi connectivity index (χ0) is 18.9. The average Bonchev–Trinajstić information content (AvgIpc) is 2.64. The lowest BCUT2D eigenvalue weighted by molar-refractivity contribution is 0.0697. The Labute approximate surface area is 170 Å². The summed E-state index contributed by atoms with van der Waals surface area (Å²) in [6.45, 7) is 0.998. The van der Waals surface area contributed by atoms with Crippen LogP contribution in [0.3, 0.4) is 0 Å². The van der Waals surface area contributed by atoms with Gasteiger partial charge in [0.05, 0.1) is 15.6 Å². The number of carbonyl (C=O) groups is 1. The highest BCUT2D eigenvalue weighted by Crippen LogP contribution is 2.31. The number of amides is 1. The fraction of sp³-hybridized carbons (Fsp3) is 0.235. The molecule has 1 saturated heterocycles. The van der Waals surface area contributed by atoms with Crippen LogP contribution in [0.4, 0.5) is 0 Å². The second-order valence-corrected chi connectivity index (χ2v) is 9.27. The van der Waals surface area contributed by atoms with Crippen molar-refractivity contribution in [1.29, 1.82) is 0 Å². The molecule has 5 nitrogen and oxygen atoms in total. The van der Waals surface area contributed by atoms with E-state index in [1.165, 1.54) is 16.4 Å². The first-order valence-corrected chi connectivity index (χ1v) is 10.8. The number of nitrogens with zero attached hydrogens (tertiary/aromatic N) is 2. The molecule has 138 valence electrons. The van der Waals surface area contributed by atoms with Crippen molar-refractivity contribution < 1.29 is 13.2 Å². The van der Waals surface area contributed by atoms with Crippen LogP contribution >= 0.6 is 39.1 Å². The molecule has 0 radical (unpaired) electrons. The van der Waals surface area contributed by atoms with E-state index in [0.717, 1.165) is 0 Å². The predicted molar refractivity (Wildman–Crippen MR) is 105 cm³/mol. The maximum atomic E-state index is 12.8. The molecule has 0 unspecified atom stereocenters. The Bertz CT molecular complexity index is 945. The summed E-state index contributed by atoms with van der Waals surface area (Å²) >= 11 is 15.4. The number of benzene rings is 2. The van der Waals surface area contributed by atoms with Gasteiger partial charge >= 0.3 is 0 Å². The Hall–Kier alpha value is -1.12. The minimum absolute atomic E-state index is 0.0147. The minimum atomic E-state index is -3.77. The fourth-order valence-electron chi connectivity index (χ4n) is 2.76. The molecule has 0 bridgehead atoms. The van der Waals surface area contributed by atoms with Crippen LogP contribution < -0.4 is 0 Å². The quantitative estimate of drug-likeness (QED) is 0.673. The molecule has 2 aromatic rings. The molecule has 9 heteroatoms. The van der Waals surface area contributed by atoms with E-state index in [1.807, 2.05) is 6.07 Å². The van der Waals surface area contributed by atoms with Gasteiger partial charge in [0.1, 0.15) is 4.90 Å². The first-order valence-electron chi connectivity index (χ1n) is 7.80. The van der Waals surface area contributed by atoms with E-state index < -0.39 is 10.0 Å². The van der Waals surface area contributed by atoms with Crippen LogP contribution in [0.15, 0.2) is 51.8 Å². The zero-order valence-electron chi connectivity index (χ0n) is 13.5. The fourth-order valence-corrected chi connectivity index (χ4v) is 5.37. The summed E-state index contributed by atoms with van der Waals surface area (Å²) in [4.78, 5) is 14.3. The van der Waals surface area contributed by atoms with E-state index in [9.17, 15) is 13.2 Å². The van der Waals surface area contributed by atoms with Crippen molar-refractivity contribution in [3.8, 4) is 0 Å². The van der Waals surface area contributed by atoms with Crippen LogP contribution in [-0.2, 0) is 10.0 Å². The number of hydrogen-bond donors (Lipinski definition) is 0. The molecular weight excluding hydrogens is 463 g/mol. The van der Waals surface area contributed by atoms with Crippen molar-refractivity contribution in [2.75, 3.05) is 26.2 Å². The van der Waals surface area contributed by atoms with Gasteiger partial charge in [0.15, 0.2) is 0 Å². The summed E-state index contributed by atoms with van der Waals surface area (Å²) in [5.41, 5.74) is 0.557. The molecule has 1 fully saturated rings. The van der Waals surface area contributed by atoms with Crippen molar-refractivity contribution in [1.82, 2.24) is 9.21 Å². The number of halogens is 3. The molecule has 2 aromatic carbocycles. The van der Waals surface area contributed by atoms with Gasteiger partial charge in [0.25, 0.3) is 5.91 Å². The van der Waals surface area contributed by atoms with Crippen molar-refractivity contribution in [3.63, 3.8) is 0 Å². The number of sulfonamides is 1. The topological polar surface area (TPSA) is 57.7 Å². The van der Waals surface area contributed by atoms with E-state index in [-0.39, 0.29) is 33.9 Å². The predicted octanol–water partition coefficient (Wildman–Crippen LogP) is 3.90. The third-order valence-electron chi connectivity index (χ3n) is 4.16. The first-order chi connectivity index (χ1) is 12.3. The van der Waals surface area contributed by atoms with E-state index in [0.29, 0.717) is 23.1 Å².